The van der Waals surface area contributed by atoms with Crippen LogP contribution in [0.3, 0.4) is 0 Å². The van der Waals surface area contributed by atoms with Crippen LogP contribution in [0, 0.1) is 0 Å². The predicted octanol–water partition coefficient (Wildman–Crippen LogP) is 14.6. The zero-order valence-electron chi connectivity index (χ0n) is 29.9. The number of hydrogen-bond acceptors (Lipinski definition) is 2. The standard InChI is InChI=1S/C52H34N2O/c1-3-14-35(15-4-1)36-26-29-39(30-27-36)53(40-31-32-44-43-20-9-12-25-49(43)55-50(44)34-40)45-22-10-11-23-46(45)54-47-24-13-21-42(37-16-5-2-6-17-37)51(47)52-41-19-8-7-18-38(41)28-33-48(52)54/h1-34H. The highest BCUT2D eigenvalue weighted by molar-refractivity contribution is 6.25. The van der Waals surface area contributed by atoms with Gasteiger partial charge in [-0.05, 0) is 87.6 Å². The summed E-state index contributed by atoms with van der Waals surface area (Å²) in [5, 5.41) is 7.20. The molecule has 0 aliphatic heterocycles. The second kappa shape index (κ2) is 12.6. The fourth-order valence-corrected chi connectivity index (χ4v) is 8.50. The van der Waals surface area contributed by atoms with Crippen molar-refractivity contribution >= 4 is 71.6 Å². The molecule has 2 heterocycles. The first-order valence-corrected chi connectivity index (χ1v) is 18.8. The first-order chi connectivity index (χ1) is 27.3. The highest BCUT2D eigenvalue weighted by atomic mass is 16.3. The van der Waals surface area contributed by atoms with Gasteiger partial charge in [0.05, 0.1) is 22.4 Å². The Hall–Kier alpha value is -7.36. The highest BCUT2D eigenvalue weighted by Crippen LogP contribution is 2.46. The van der Waals surface area contributed by atoms with E-state index in [9.17, 15) is 0 Å². The van der Waals surface area contributed by atoms with Gasteiger partial charge in [-0.3, -0.25) is 0 Å². The average molecular weight is 703 g/mol. The lowest BCUT2D eigenvalue weighted by Gasteiger charge is -2.28. The number of benzene rings is 9. The monoisotopic (exact) mass is 702 g/mol. The Morgan fingerprint density at radius 2 is 1.02 bits per heavy atom. The normalized spacial score (nSPS) is 11.6. The van der Waals surface area contributed by atoms with Crippen LogP contribution >= 0.6 is 0 Å². The van der Waals surface area contributed by atoms with E-state index in [0.29, 0.717) is 0 Å². The number of para-hydroxylation sites is 3. The van der Waals surface area contributed by atoms with E-state index in [-0.39, 0.29) is 0 Å². The molecule has 55 heavy (non-hydrogen) atoms. The topological polar surface area (TPSA) is 21.3 Å². The number of furan rings is 1. The van der Waals surface area contributed by atoms with Gasteiger partial charge in [-0.15, -0.1) is 0 Å². The first kappa shape index (κ1) is 31.2. The summed E-state index contributed by atoms with van der Waals surface area (Å²) in [7, 11) is 0. The Morgan fingerprint density at radius 3 is 1.85 bits per heavy atom. The lowest BCUT2D eigenvalue weighted by Crippen LogP contribution is -2.13. The second-order valence-corrected chi connectivity index (χ2v) is 14.1. The maximum Gasteiger partial charge on any atom is 0.137 e. The van der Waals surface area contributed by atoms with Crippen molar-refractivity contribution in [1.82, 2.24) is 4.57 Å². The molecule has 0 aliphatic rings. The minimum absolute atomic E-state index is 0.859. The van der Waals surface area contributed by atoms with Gasteiger partial charge in [-0.2, -0.15) is 0 Å². The van der Waals surface area contributed by atoms with Crippen LogP contribution in [0.5, 0.6) is 0 Å². The van der Waals surface area contributed by atoms with Gasteiger partial charge in [-0.1, -0.05) is 146 Å². The molecule has 11 aromatic rings. The lowest BCUT2D eigenvalue weighted by molar-refractivity contribution is 0.669. The molecule has 0 spiro atoms. The minimum atomic E-state index is 0.859. The summed E-state index contributed by atoms with van der Waals surface area (Å²) in [6, 6.07) is 73.9. The summed E-state index contributed by atoms with van der Waals surface area (Å²) in [5.74, 6) is 0. The van der Waals surface area contributed by atoms with Crippen LogP contribution in [0.4, 0.5) is 17.1 Å². The maximum absolute atomic E-state index is 6.47. The van der Waals surface area contributed by atoms with Crippen LogP contribution in [0.25, 0.3) is 82.5 Å². The van der Waals surface area contributed by atoms with Gasteiger partial charge >= 0.3 is 0 Å². The molecule has 9 aromatic carbocycles. The van der Waals surface area contributed by atoms with Crippen molar-refractivity contribution in [3.05, 3.63) is 206 Å². The molecule has 0 atom stereocenters. The molecule has 0 radical (unpaired) electrons. The van der Waals surface area contributed by atoms with E-state index in [4.69, 9.17) is 4.42 Å². The molecular weight excluding hydrogens is 669 g/mol. The Bertz CT molecular complexity index is 3190. The molecule has 11 rings (SSSR count). The van der Waals surface area contributed by atoms with E-state index in [1.54, 1.807) is 0 Å². The number of aromatic nitrogens is 1. The van der Waals surface area contributed by atoms with Gasteiger partial charge in [0.25, 0.3) is 0 Å². The van der Waals surface area contributed by atoms with Crippen molar-refractivity contribution < 1.29 is 4.42 Å². The van der Waals surface area contributed by atoms with Crippen molar-refractivity contribution in [3.63, 3.8) is 0 Å². The second-order valence-electron chi connectivity index (χ2n) is 14.1. The summed E-state index contributed by atoms with van der Waals surface area (Å²) < 4.78 is 8.94. The molecule has 0 aliphatic carbocycles. The van der Waals surface area contributed by atoms with Crippen LogP contribution in [0.2, 0.25) is 0 Å². The van der Waals surface area contributed by atoms with Crippen molar-refractivity contribution in [2.24, 2.45) is 0 Å². The van der Waals surface area contributed by atoms with Crippen LogP contribution in [0.1, 0.15) is 0 Å². The van der Waals surface area contributed by atoms with E-state index < -0.39 is 0 Å². The van der Waals surface area contributed by atoms with Crippen molar-refractivity contribution in [1.29, 1.82) is 0 Å². The molecule has 258 valence electrons. The molecule has 3 heteroatoms. The van der Waals surface area contributed by atoms with Gasteiger partial charge < -0.3 is 13.9 Å². The quantitative estimate of drug-likeness (QED) is 0.172. The van der Waals surface area contributed by atoms with Crippen LogP contribution < -0.4 is 4.90 Å². The van der Waals surface area contributed by atoms with E-state index in [1.165, 1.54) is 43.8 Å². The molecule has 2 aromatic heterocycles. The fourth-order valence-electron chi connectivity index (χ4n) is 8.50. The maximum atomic E-state index is 6.47. The fraction of sp³-hybridized carbons (Fsp3) is 0. The van der Waals surface area contributed by atoms with Crippen molar-refractivity contribution in [3.8, 4) is 27.9 Å². The van der Waals surface area contributed by atoms with Gasteiger partial charge in [0.1, 0.15) is 11.2 Å². The third-order valence-electron chi connectivity index (χ3n) is 11.0. The molecule has 0 unspecified atom stereocenters. The number of rotatable bonds is 6. The predicted molar refractivity (Wildman–Crippen MR) is 231 cm³/mol. The lowest BCUT2D eigenvalue weighted by atomic mass is 9.97. The molecule has 0 bridgehead atoms. The first-order valence-electron chi connectivity index (χ1n) is 18.8. The Labute approximate surface area is 318 Å². The molecule has 0 fully saturated rings. The van der Waals surface area contributed by atoms with Gasteiger partial charge in [0, 0.05) is 39.0 Å². The van der Waals surface area contributed by atoms with Gasteiger partial charge in [0.2, 0.25) is 0 Å². The number of hydrogen-bond donors (Lipinski definition) is 0. The zero-order chi connectivity index (χ0) is 36.3. The van der Waals surface area contributed by atoms with Crippen molar-refractivity contribution in [2.75, 3.05) is 4.90 Å². The Kier molecular flexibility index (Phi) is 7.17. The highest BCUT2D eigenvalue weighted by Gasteiger charge is 2.23. The Morgan fingerprint density at radius 1 is 0.382 bits per heavy atom. The number of anilines is 3. The SMILES string of the molecule is c1ccc(-c2ccc(N(c3ccc4c(c3)oc3ccccc34)c3ccccc3-n3c4cccc(-c5ccccc5)c4c4c5ccccc5ccc43)cc2)cc1. The van der Waals surface area contributed by atoms with Gasteiger partial charge in [-0.25, -0.2) is 0 Å². The smallest absolute Gasteiger partial charge is 0.137 e. The van der Waals surface area contributed by atoms with Crippen molar-refractivity contribution in [2.45, 2.75) is 0 Å². The molecular formula is C52H34N2O. The minimum Gasteiger partial charge on any atom is -0.456 e. The van der Waals surface area contributed by atoms with E-state index in [0.717, 1.165) is 55.7 Å². The van der Waals surface area contributed by atoms with E-state index in [1.807, 2.05) is 12.1 Å². The third kappa shape index (κ3) is 5.05. The molecule has 0 N–H and O–H groups in total. The summed E-state index contributed by atoms with van der Waals surface area (Å²) in [6.07, 6.45) is 0. The summed E-state index contributed by atoms with van der Waals surface area (Å²) in [6.45, 7) is 0. The van der Waals surface area contributed by atoms with Crippen LogP contribution in [0.15, 0.2) is 211 Å². The molecule has 3 nitrogen and oxygen atoms in total. The largest absolute Gasteiger partial charge is 0.456 e. The van der Waals surface area contributed by atoms with Crippen LogP contribution in [-0.4, -0.2) is 4.57 Å². The van der Waals surface area contributed by atoms with E-state index in [2.05, 4.69) is 204 Å². The number of fused-ring (bicyclic) bond motifs is 8. The summed E-state index contributed by atoms with van der Waals surface area (Å²) in [5.41, 5.74) is 13.1. The summed E-state index contributed by atoms with van der Waals surface area (Å²) >= 11 is 0. The van der Waals surface area contributed by atoms with Gasteiger partial charge in [0.15, 0.2) is 0 Å². The summed E-state index contributed by atoms with van der Waals surface area (Å²) in [4.78, 5) is 2.37. The molecule has 0 saturated carbocycles. The zero-order valence-corrected chi connectivity index (χ0v) is 29.9. The average Bonchev–Trinajstić information content (AvgIpc) is 3.81. The third-order valence-corrected chi connectivity index (χ3v) is 11.0. The Balaban J connectivity index is 1.19. The molecule has 0 saturated heterocycles. The number of nitrogens with zero attached hydrogens (tertiary/aromatic N) is 2. The molecule has 0 amide bonds. The van der Waals surface area contributed by atoms with E-state index >= 15 is 0 Å². The van der Waals surface area contributed by atoms with Crippen LogP contribution in [-0.2, 0) is 0 Å².